The summed E-state index contributed by atoms with van der Waals surface area (Å²) in [6.45, 7) is 0. The summed E-state index contributed by atoms with van der Waals surface area (Å²) in [6, 6.07) is 4.56. The summed E-state index contributed by atoms with van der Waals surface area (Å²) in [7, 11) is -10.1. The summed E-state index contributed by atoms with van der Waals surface area (Å²) in [5.41, 5.74) is 6.78. The minimum Gasteiger partial charge on any atom is -0.398 e. The molecule has 0 saturated heterocycles. The van der Waals surface area contributed by atoms with Gasteiger partial charge in [-0.15, -0.1) is 0 Å². The van der Waals surface area contributed by atoms with Gasteiger partial charge in [0.05, 0.1) is 0 Å². The van der Waals surface area contributed by atoms with Crippen molar-refractivity contribution in [1.82, 2.24) is 0 Å². The minimum absolute atomic E-state index is 0.303. The Balaban J connectivity index is 2.75. The molecule has 1 aliphatic rings. The normalized spacial score (nSPS) is 18.0. The highest BCUT2D eigenvalue weighted by atomic mass is 32.3. The van der Waals surface area contributed by atoms with E-state index in [1.165, 1.54) is 12.1 Å². The Bertz CT molecular complexity index is 731. The first-order valence-corrected chi connectivity index (χ1v) is 7.97. The summed E-state index contributed by atoms with van der Waals surface area (Å²) in [6.07, 6.45) is 1.29. The van der Waals surface area contributed by atoms with E-state index < -0.39 is 30.7 Å². The second-order valence-corrected chi connectivity index (χ2v) is 7.81. The van der Waals surface area contributed by atoms with Gasteiger partial charge in [-0.2, -0.15) is 16.8 Å². The number of nitrogen functional groups attached to an aromatic ring is 1. The van der Waals surface area contributed by atoms with Crippen LogP contribution in [0.15, 0.2) is 24.3 Å². The van der Waals surface area contributed by atoms with Gasteiger partial charge >= 0.3 is 0 Å². The zero-order valence-electron chi connectivity index (χ0n) is 9.52. The van der Waals surface area contributed by atoms with Crippen molar-refractivity contribution < 1.29 is 25.9 Å². The summed E-state index contributed by atoms with van der Waals surface area (Å²) in [5, 5.41) is 0. The largest absolute Gasteiger partial charge is 0.398 e. The molecule has 0 fully saturated rings. The van der Waals surface area contributed by atoms with Crippen molar-refractivity contribution >= 4 is 32.0 Å². The molecule has 0 saturated carbocycles. The van der Waals surface area contributed by atoms with Crippen LogP contribution in [0.3, 0.4) is 0 Å². The smallest absolute Gasteiger partial charge is 0.291 e. The van der Waals surface area contributed by atoms with Gasteiger partial charge in [-0.1, -0.05) is 18.2 Å². The Kier molecular flexibility index (Phi) is 2.97. The predicted octanol–water partition coefficient (Wildman–Crippen LogP) is 0.310. The van der Waals surface area contributed by atoms with Crippen LogP contribution >= 0.6 is 0 Å². The highest BCUT2D eigenvalue weighted by Crippen LogP contribution is 2.37. The monoisotopic (exact) mass is 305 g/mol. The van der Waals surface area contributed by atoms with Gasteiger partial charge in [0.2, 0.25) is 4.08 Å². The fourth-order valence-corrected chi connectivity index (χ4v) is 4.23. The maximum absolute atomic E-state index is 11.4. The molecular weight excluding hydrogens is 294 g/mol. The van der Waals surface area contributed by atoms with Gasteiger partial charge in [0.15, 0.2) is 0 Å². The van der Waals surface area contributed by atoms with Crippen molar-refractivity contribution in [1.29, 1.82) is 0 Å². The summed E-state index contributed by atoms with van der Waals surface area (Å²) >= 11 is 0. The molecule has 0 heterocycles. The van der Waals surface area contributed by atoms with Gasteiger partial charge < -0.3 is 5.73 Å². The second-order valence-electron chi connectivity index (χ2n) is 4.19. The number of anilines is 1. The Morgan fingerprint density at radius 1 is 1.11 bits per heavy atom. The Morgan fingerprint density at radius 2 is 1.68 bits per heavy atom. The van der Waals surface area contributed by atoms with Crippen molar-refractivity contribution in [2.24, 2.45) is 0 Å². The maximum Gasteiger partial charge on any atom is 0.291 e. The Morgan fingerprint density at radius 3 is 2.21 bits per heavy atom. The summed E-state index contributed by atoms with van der Waals surface area (Å²) < 4.78 is 61.1. The third-order valence-corrected chi connectivity index (χ3v) is 6.62. The van der Waals surface area contributed by atoms with Crippen LogP contribution in [0.5, 0.6) is 0 Å². The fraction of sp³-hybridized carbons (Fsp3) is 0.200. The molecule has 0 radical (unpaired) electrons. The number of benzene rings is 1. The van der Waals surface area contributed by atoms with E-state index in [4.69, 9.17) is 5.73 Å². The molecule has 9 heteroatoms. The molecule has 0 bridgehead atoms. The Hall–Kier alpha value is -1.42. The first-order chi connectivity index (χ1) is 8.58. The third kappa shape index (κ3) is 2.04. The van der Waals surface area contributed by atoms with Crippen LogP contribution in [0.1, 0.15) is 11.1 Å². The quantitative estimate of drug-likeness (QED) is 0.528. The molecular formula is C10H11NO6S2. The van der Waals surface area contributed by atoms with Gasteiger partial charge in [0, 0.05) is 17.7 Å². The van der Waals surface area contributed by atoms with E-state index in [1.807, 2.05) is 0 Å². The molecule has 1 aromatic carbocycles. The van der Waals surface area contributed by atoms with Crippen LogP contribution in [0.4, 0.5) is 5.69 Å². The lowest BCUT2D eigenvalue weighted by Crippen LogP contribution is -2.47. The molecule has 2 rings (SSSR count). The highest BCUT2D eigenvalue weighted by Gasteiger charge is 2.54. The molecule has 104 valence electrons. The van der Waals surface area contributed by atoms with E-state index in [9.17, 15) is 25.9 Å². The number of fused-ring (bicyclic) bond motifs is 1. The van der Waals surface area contributed by atoms with E-state index in [0.29, 0.717) is 16.8 Å². The summed E-state index contributed by atoms with van der Waals surface area (Å²) in [4.78, 5) is 0. The number of nitrogens with two attached hydrogens (primary N) is 1. The van der Waals surface area contributed by atoms with Crippen LogP contribution in [-0.4, -0.2) is 30.0 Å². The lowest BCUT2D eigenvalue weighted by atomic mass is 9.95. The molecule has 1 aromatic rings. The molecule has 4 N–H and O–H groups in total. The SMILES string of the molecule is Nc1cccc2c1C=CC(S(=O)(=O)O)(S(=O)(=O)O)C2. The standard InChI is InChI=1S/C10H11NO6S2/c11-9-3-1-2-7-6-10(18(12,13)14,19(15,16)17)5-4-8(7)9/h1-5H,6,11H2,(H,12,13,14)(H,15,16,17). The third-order valence-electron chi connectivity index (χ3n) is 3.04. The first-order valence-electron chi connectivity index (χ1n) is 5.09. The van der Waals surface area contributed by atoms with Gasteiger partial charge in [0.1, 0.15) is 0 Å². The number of rotatable bonds is 2. The predicted molar refractivity (Wildman–Crippen MR) is 69.4 cm³/mol. The maximum atomic E-state index is 11.4. The first kappa shape index (κ1) is 14.0. The number of hydrogen-bond acceptors (Lipinski definition) is 5. The molecule has 0 unspecified atom stereocenters. The summed E-state index contributed by atoms with van der Waals surface area (Å²) in [5.74, 6) is 0. The molecule has 0 spiro atoms. The van der Waals surface area contributed by atoms with Crippen molar-refractivity contribution in [3.63, 3.8) is 0 Å². The van der Waals surface area contributed by atoms with Gasteiger partial charge in [-0.3, -0.25) is 9.11 Å². The highest BCUT2D eigenvalue weighted by molar-refractivity contribution is 8.05. The lowest BCUT2D eigenvalue weighted by Gasteiger charge is -2.28. The van der Waals surface area contributed by atoms with Crippen molar-refractivity contribution in [3.8, 4) is 0 Å². The fourth-order valence-electron chi connectivity index (χ4n) is 2.01. The molecule has 19 heavy (non-hydrogen) atoms. The topological polar surface area (TPSA) is 135 Å². The van der Waals surface area contributed by atoms with E-state index in [2.05, 4.69) is 0 Å². The van der Waals surface area contributed by atoms with Crippen molar-refractivity contribution in [2.75, 3.05) is 5.73 Å². The molecule has 1 aliphatic carbocycles. The van der Waals surface area contributed by atoms with Crippen LogP contribution < -0.4 is 5.73 Å². The lowest BCUT2D eigenvalue weighted by molar-refractivity contribution is 0.436. The van der Waals surface area contributed by atoms with E-state index in [1.54, 1.807) is 6.07 Å². The van der Waals surface area contributed by atoms with Crippen LogP contribution in [0.25, 0.3) is 6.08 Å². The van der Waals surface area contributed by atoms with Crippen LogP contribution in [0.2, 0.25) is 0 Å². The molecule has 7 nitrogen and oxygen atoms in total. The van der Waals surface area contributed by atoms with Crippen molar-refractivity contribution in [3.05, 3.63) is 35.4 Å². The number of hydrogen-bond donors (Lipinski definition) is 3. The second kappa shape index (κ2) is 4.04. The van der Waals surface area contributed by atoms with E-state index in [-0.39, 0.29) is 0 Å². The zero-order chi connectivity index (χ0) is 14.5. The minimum atomic E-state index is -5.07. The zero-order valence-corrected chi connectivity index (χ0v) is 11.1. The van der Waals surface area contributed by atoms with Gasteiger partial charge in [0.25, 0.3) is 20.2 Å². The molecule has 0 amide bonds. The molecule has 0 atom stereocenters. The molecule has 0 aromatic heterocycles. The van der Waals surface area contributed by atoms with Crippen molar-refractivity contribution in [2.45, 2.75) is 10.5 Å². The van der Waals surface area contributed by atoms with Gasteiger partial charge in [-0.05, 0) is 17.7 Å². The average molecular weight is 305 g/mol. The van der Waals surface area contributed by atoms with E-state index in [0.717, 1.165) is 12.2 Å². The molecule has 0 aliphatic heterocycles. The average Bonchev–Trinajstić information content (AvgIpc) is 2.25. The van der Waals surface area contributed by atoms with E-state index >= 15 is 0 Å². The van der Waals surface area contributed by atoms with Gasteiger partial charge in [-0.25, -0.2) is 0 Å². The Labute approximate surface area is 110 Å². The van der Waals surface area contributed by atoms with Crippen LogP contribution in [-0.2, 0) is 26.7 Å². The van der Waals surface area contributed by atoms with Crippen LogP contribution in [0, 0.1) is 0 Å².